The maximum absolute atomic E-state index is 12.9. The van der Waals surface area contributed by atoms with E-state index >= 15 is 0 Å². The average molecular weight is 405 g/mol. The fourth-order valence-corrected chi connectivity index (χ4v) is 3.45. The molecule has 1 aromatic heterocycles. The largest absolute Gasteiger partial charge is 0.405 e. The second kappa shape index (κ2) is 7.67. The highest BCUT2D eigenvalue weighted by atomic mass is 19.4. The van der Waals surface area contributed by atoms with Gasteiger partial charge in [0.25, 0.3) is 5.91 Å². The number of hydrogen-bond donors (Lipinski definition) is 1. The smallest absolute Gasteiger partial charge is 0.375 e. The molecule has 1 aliphatic carbocycles. The molecule has 4 rings (SSSR count). The molecular weight excluding hydrogens is 383 g/mol. The monoisotopic (exact) mass is 405 g/mol. The standard InChI is InChI=1S/C21H22F3N3O2/c1-13-2-3-14(20(28)26-17-4-5-17)9-18(13)15-8-16-11-29-7-6-27(12-21(22,23)24)19(16)25-10-15/h2-3,8-10,17H,4-7,11-12H2,1H3,(H,26,28). The van der Waals surface area contributed by atoms with Crippen LogP contribution in [0.3, 0.4) is 0 Å². The van der Waals surface area contributed by atoms with Crippen molar-refractivity contribution in [3.8, 4) is 11.1 Å². The van der Waals surface area contributed by atoms with Crippen molar-refractivity contribution >= 4 is 11.7 Å². The lowest BCUT2D eigenvalue weighted by atomic mass is 9.98. The SMILES string of the molecule is Cc1ccc(C(=O)NC2CC2)cc1-c1cnc2c(c1)COCCN2CC(F)(F)F. The molecule has 1 aromatic carbocycles. The number of amides is 1. The number of aromatic nitrogens is 1. The maximum atomic E-state index is 12.9. The minimum atomic E-state index is -4.32. The van der Waals surface area contributed by atoms with Gasteiger partial charge in [0.1, 0.15) is 12.4 Å². The van der Waals surface area contributed by atoms with E-state index in [1.807, 2.05) is 25.1 Å². The van der Waals surface area contributed by atoms with E-state index in [1.54, 1.807) is 12.3 Å². The van der Waals surface area contributed by atoms with Crippen LogP contribution in [-0.4, -0.2) is 42.8 Å². The summed E-state index contributed by atoms with van der Waals surface area (Å²) in [5.41, 5.74) is 3.70. The number of aryl methyl sites for hydroxylation is 1. The van der Waals surface area contributed by atoms with E-state index in [-0.39, 0.29) is 31.7 Å². The molecule has 0 unspecified atom stereocenters. The highest BCUT2D eigenvalue weighted by Gasteiger charge is 2.33. The minimum absolute atomic E-state index is 0.115. The molecule has 29 heavy (non-hydrogen) atoms. The normalized spacial score (nSPS) is 16.9. The van der Waals surface area contributed by atoms with E-state index in [0.717, 1.165) is 29.5 Å². The van der Waals surface area contributed by atoms with Gasteiger partial charge in [-0.15, -0.1) is 0 Å². The Morgan fingerprint density at radius 1 is 1.31 bits per heavy atom. The van der Waals surface area contributed by atoms with E-state index < -0.39 is 12.7 Å². The Kier molecular flexibility index (Phi) is 5.21. The Morgan fingerprint density at radius 2 is 2.10 bits per heavy atom. The highest BCUT2D eigenvalue weighted by molar-refractivity contribution is 5.96. The number of carbonyl (C=O) groups excluding carboxylic acids is 1. The van der Waals surface area contributed by atoms with E-state index in [1.165, 1.54) is 4.90 Å². The Hall–Kier alpha value is -2.61. The van der Waals surface area contributed by atoms with Gasteiger partial charge in [-0.1, -0.05) is 6.07 Å². The Morgan fingerprint density at radius 3 is 2.83 bits per heavy atom. The molecule has 1 saturated carbocycles. The number of hydrogen-bond acceptors (Lipinski definition) is 4. The summed E-state index contributed by atoms with van der Waals surface area (Å²) in [4.78, 5) is 17.9. The molecule has 8 heteroatoms. The van der Waals surface area contributed by atoms with Gasteiger partial charge in [-0.05, 0) is 49.1 Å². The zero-order valence-corrected chi connectivity index (χ0v) is 16.1. The van der Waals surface area contributed by atoms with Gasteiger partial charge < -0.3 is 15.0 Å². The van der Waals surface area contributed by atoms with Gasteiger partial charge in [0.05, 0.1) is 13.2 Å². The summed E-state index contributed by atoms with van der Waals surface area (Å²) in [5.74, 6) is 0.181. The van der Waals surface area contributed by atoms with E-state index in [9.17, 15) is 18.0 Å². The summed E-state index contributed by atoms with van der Waals surface area (Å²) in [6.07, 6.45) is -0.735. The molecule has 2 aliphatic rings. The van der Waals surface area contributed by atoms with Crippen molar-refractivity contribution in [1.82, 2.24) is 10.3 Å². The van der Waals surface area contributed by atoms with Crippen LogP contribution in [0.2, 0.25) is 0 Å². The molecular formula is C21H22F3N3O2. The number of alkyl halides is 3. The first-order chi connectivity index (χ1) is 13.8. The van der Waals surface area contributed by atoms with Gasteiger partial charge in [0.2, 0.25) is 0 Å². The van der Waals surface area contributed by atoms with Crippen LogP contribution in [0.5, 0.6) is 0 Å². The zero-order valence-electron chi connectivity index (χ0n) is 16.1. The van der Waals surface area contributed by atoms with Crippen LogP contribution in [0, 0.1) is 6.92 Å². The van der Waals surface area contributed by atoms with Gasteiger partial charge in [-0.25, -0.2) is 4.98 Å². The first-order valence-electron chi connectivity index (χ1n) is 9.60. The number of nitrogens with zero attached hydrogens (tertiary/aromatic N) is 2. The van der Waals surface area contributed by atoms with E-state index in [0.29, 0.717) is 16.9 Å². The van der Waals surface area contributed by atoms with Crippen LogP contribution >= 0.6 is 0 Å². The number of rotatable bonds is 4. The van der Waals surface area contributed by atoms with Crippen LogP contribution in [-0.2, 0) is 11.3 Å². The van der Waals surface area contributed by atoms with Gasteiger partial charge in [0.15, 0.2) is 0 Å². The van der Waals surface area contributed by atoms with Crippen molar-refractivity contribution in [3.05, 3.63) is 47.2 Å². The lowest BCUT2D eigenvalue weighted by Gasteiger charge is -2.24. The number of ether oxygens (including phenoxy) is 1. The van der Waals surface area contributed by atoms with Gasteiger partial charge in [0, 0.05) is 35.5 Å². The van der Waals surface area contributed by atoms with E-state index in [4.69, 9.17) is 4.74 Å². The third kappa shape index (κ3) is 4.70. The Balaban J connectivity index is 1.66. The second-order valence-corrected chi connectivity index (χ2v) is 7.57. The molecule has 0 saturated heterocycles. The Bertz CT molecular complexity index is 926. The second-order valence-electron chi connectivity index (χ2n) is 7.57. The zero-order chi connectivity index (χ0) is 20.6. The number of nitrogens with one attached hydrogen (secondary N) is 1. The molecule has 1 aliphatic heterocycles. The first kappa shape index (κ1) is 19.7. The highest BCUT2D eigenvalue weighted by Crippen LogP contribution is 2.31. The topological polar surface area (TPSA) is 54.5 Å². The van der Waals surface area contributed by atoms with Crippen LogP contribution in [0.15, 0.2) is 30.5 Å². The molecule has 1 amide bonds. The van der Waals surface area contributed by atoms with Crippen LogP contribution in [0.25, 0.3) is 11.1 Å². The van der Waals surface area contributed by atoms with Crippen molar-refractivity contribution in [2.45, 2.75) is 38.6 Å². The molecule has 0 spiro atoms. The molecule has 1 N–H and O–H groups in total. The molecule has 1 fully saturated rings. The van der Waals surface area contributed by atoms with Crippen molar-refractivity contribution in [3.63, 3.8) is 0 Å². The van der Waals surface area contributed by atoms with E-state index in [2.05, 4.69) is 10.3 Å². The minimum Gasteiger partial charge on any atom is -0.375 e. The molecule has 2 aromatic rings. The van der Waals surface area contributed by atoms with Gasteiger partial charge in [-0.2, -0.15) is 13.2 Å². The van der Waals surface area contributed by atoms with Crippen molar-refractivity contribution in [2.75, 3.05) is 24.6 Å². The van der Waals surface area contributed by atoms with Crippen LogP contribution in [0.1, 0.15) is 34.3 Å². The molecule has 2 heterocycles. The van der Waals surface area contributed by atoms with Crippen molar-refractivity contribution < 1.29 is 22.7 Å². The molecule has 0 bridgehead atoms. The third-order valence-electron chi connectivity index (χ3n) is 5.10. The maximum Gasteiger partial charge on any atom is 0.405 e. The third-order valence-corrected chi connectivity index (χ3v) is 5.10. The number of anilines is 1. The fourth-order valence-electron chi connectivity index (χ4n) is 3.45. The summed E-state index contributed by atoms with van der Waals surface area (Å²) >= 11 is 0. The van der Waals surface area contributed by atoms with Gasteiger partial charge in [-0.3, -0.25) is 4.79 Å². The summed E-state index contributed by atoms with van der Waals surface area (Å²) in [6.45, 7) is 1.40. The molecule has 5 nitrogen and oxygen atoms in total. The number of halogens is 3. The predicted octanol–water partition coefficient (Wildman–Crippen LogP) is 3.85. The number of benzene rings is 1. The fraction of sp³-hybridized carbons (Fsp3) is 0.429. The number of carbonyl (C=O) groups is 1. The van der Waals surface area contributed by atoms with Crippen LogP contribution < -0.4 is 10.2 Å². The lowest BCUT2D eigenvalue weighted by molar-refractivity contribution is -0.119. The molecule has 0 radical (unpaired) electrons. The average Bonchev–Trinajstić information content (AvgIpc) is 3.48. The van der Waals surface area contributed by atoms with Crippen LogP contribution in [0.4, 0.5) is 19.0 Å². The van der Waals surface area contributed by atoms with Crippen molar-refractivity contribution in [2.24, 2.45) is 0 Å². The van der Waals surface area contributed by atoms with Gasteiger partial charge >= 0.3 is 6.18 Å². The number of pyridine rings is 1. The quantitative estimate of drug-likeness (QED) is 0.840. The Labute approximate surface area is 166 Å². The first-order valence-corrected chi connectivity index (χ1v) is 9.60. The summed E-state index contributed by atoms with van der Waals surface area (Å²) < 4.78 is 44.3. The van der Waals surface area contributed by atoms with Crippen molar-refractivity contribution in [1.29, 1.82) is 0 Å². The summed E-state index contributed by atoms with van der Waals surface area (Å²) in [5, 5.41) is 2.97. The molecule has 0 atom stereocenters. The predicted molar refractivity (Wildman–Crippen MR) is 103 cm³/mol. The molecule has 154 valence electrons. The summed E-state index contributed by atoms with van der Waals surface area (Å²) in [6, 6.07) is 7.53. The number of fused-ring (bicyclic) bond motifs is 1. The summed E-state index contributed by atoms with van der Waals surface area (Å²) in [7, 11) is 0. The lowest BCUT2D eigenvalue weighted by Crippen LogP contribution is -2.36.